The molecule has 1 aromatic carbocycles. The van der Waals surface area contributed by atoms with Crippen molar-refractivity contribution in [3.8, 4) is 0 Å². The van der Waals surface area contributed by atoms with Gasteiger partial charge in [-0.25, -0.2) is 18.7 Å². The van der Waals surface area contributed by atoms with Crippen LogP contribution in [0.2, 0.25) is 5.02 Å². The molecule has 1 aliphatic carbocycles. The number of fused-ring (bicyclic) bond motifs is 2. The molecule has 1 saturated carbocycles. The molecule has 4 heterocycles. The van der Waals surface area contributed by atoms with Crippen molar-refractivity contribution in [1.29, 1.82) is 0 Å². The van der Waals surface area contributed by atoms with E-state index in [-0.39, 0.29) is 22.8 Å². The number of imidazole rings is 1. The second kappa shape index (κ2) is 7.97. The van der Waals surface area contributed by atoms with Crippen LogP contribution in [0.4, 0.5) is 14.5 Å². The van der Waals surface area contributed by atoms with Gasteiger partial charge in [-0.05, 0) is 30.4 Å². The fraction of sp³-hybridized carbons (Fsp3) is 0.350. The topological polar surface area (TPSA) is 94.9 Å². The minimum Gasteiger partial charge on any atom is -0.366 e. The summed E-state index contributed by atoms with van der Waals surface area (Å²) in [6.07, 6.45) is 5.47. The van der Waals surface area contributed by atoms with Gasteiger partial charge in [0.25, 0.3) is 5.56 Å². The highest BCUT2D eigenvalue weighted by molar-refractivity contribution is 6.31. The lowest BCUT2D eigenvalue weighted by molar-refractivity contribution is 0.368. The van der Waals surface area contributed by atoms with E-state index in [0.717, 1.165) is 13.1 Å². The number of piperidine rings is 1. The monoisotopic (exact) mass is 461 g/mol. The van der Waals surface area contributed by atoms with Crippen molar-refractivity contribution in [1.82, 2.24) is 29.2 Å². The molecule has 0 spiro atoms. The van der Waals surface area contributed by atoms with E-state index in [4.69, 9.17) is 16.1 Å². The van der Waals surface area contributed by atoms with Gasteiger partial charge in [-0.3, -0.25) is 9.36 Å². The van der Waals surface area contributed by atoms with Crippen LogP contribution in [0.25, 0.3) is 11.2 Å². The Morgan fingerprint density at radius 3 is 2.62 bits per heavy atom. The van der Waals surface area contributed by atoms with Crippen LogP contribution < -0.4 is 10.5 Å². The average Bonchev–Trinajstić information content (AvgIpc) is 3.16. The van der Waals surface area contributed by atoms with E-state index in [2.05, 4.69) is 20.1 Å². The number of aryl methyl sites for hydroxylation is 1. The lowest BCUT2D eigenvalue weighted by atomic mass is 10.2. The molecule has 2 fully saturated rings. The quantitative estimate of drug-likeness (QED) is 0.433. The Bertz CT molecular complexity index is 1330. The van der Waals surface area contributed by atoms with E-state index >= 15 is 0 Å². The third-order valence-electron chi connectivity index (χ3n) is 5.73. The maximum absolute atomic E-state index is 13.6. The second-order valence-electron chi connectivity index (χ2n) is 7.89. The van der Waals surface area contributed by atoms with Crippen molar-refractivity contribution >= 4 is 28.5 Å². The maximum Gasteiger partial charge on any atom is 0.280 e. The molecule has 2 atom stereocenters. The molecule has 166 valence electrons. The Kier molecular flexibility index (Phi) is 5.12. The first-order valence-electron chi connectivity index (χ1n) is 9.93. The summed E-state index contributed by atoms with van der Waals surface area (Å²) >= 11 is 5.64. The fourth-order valence-electron chi connectivity index (χ4n) is 3.98. The Hall–Kier alpha value is -3.34. The number of anilines is 1. The van der Waals surface area contributed by atoms with Crippen LogP contribution in [0, 0.1) is 23.5 Å². The highest BCUT2D eigenvalue weighted by Crippen LogP contribution is 2.47. The molecular weight excluding hydrogens is 444 g/mol. The predicted octanol–water partition coefficient (Wildman–Crippen LogP) is 2.64. The molecular formula is C20H18ClF2N7O2. The zero-order valence-electron chi connectivity index (χ0n) is 17.0. The van der Waals surface area contributed by atoms with E-state index < -0.39 is 11.6 Å². The van der Waals surface area contributed by atoms with Gasteiger partial charge >= 0.3 is 0 Å². The largest absolute Gasteiger partial charge is 0.366 e. The molecule has 4 aromatic rings. The third-order valence-corrected chi connectivity index (χ3v) is 6.02. The molecule has 1 aliphatic heterocycles. The predicted molar refractivity (Wildman–Crippen MR) is 111 cm³/mol. The Labute approximate surface area is 185 Å². The van der Waals surface area contributed by atoms with Crippen LogP contribution in [0.5, 0.6) is 0 Å². The summed E-state index contributed by atoms with van der Waals surface area (Å²) in [5, 5.41) is 3.47. The molecule has 0 bridgehead atoms. The number of aromatic nitrogens is 6. The van der Waals surface area contributed by atoms with Crippen molar-refractivity contribution in [3.05, 3.63) is 64.0 Å². The zero-order chi connectivity index (χ0) is 22.4. The van der Waals surface area contributed by atoms with Crippen LogP contribution in [-0.4, -0.2) is 42.3 Å². The molecule has 2 unspecified atom stereocenters. The lowest BCUT2D eigenvalue weighted by Gasteiger charge is -2.21. The average molecular weight is 462 g/mol. The van der Waals surface area contributed by atoms with E-state index in [1.807, 2.05) is 0 Å². The number of hydrogen-bond acceptors (Lipinski definition) is 7. The number of hydrogen-bond donors (Lipinski definition) is 0. The van der Waals surface area contributed by atoms with Gasteiger partial charge in [0.15, 0.2) is 23.3 Å². The van der Waals surface area contributed by atoms with E-state index in [9.17, 15) is 13.6 Å². The van der Waals surface area contributed by atoms with E-state index in [1.165, 1.54) is 35.8 Å². The van der Waals surface area contributed by atoms with Crippen molar-refractivity contribution in [2.75, 3.05) is 18.0 Å². The van der Waals surface area contributed by atoms with Gasteiger partial charge in [0.1, 0.15) is 24.4 Å². The Balaban J connectivity index is 0.000000136. The minimum atomic E-state index is -0.627. The van der Waals surface area contributed by atoms with Gasteiger partial charge < -0.3 is 14.0 Å². The molecule has 32 heavy (non-hydrogen) atoms. The smallest absolute Gasteiger partial charge is 0.280 e. The Morgan fingerprint density at radius 1 is 1.16 bits per heavy atom. The summed E-state index contributed by atoms with van der Waals surface area (Å²) in [6, 6.07) is 2.48. The summed E-state index contributed by atoms with van der Waals surface area (Å²) in [7, 11) is 1.75. The molecule has 1 saturated heterocycles. The first kappa shape index (κ1) is 20.6. The summed E-state index contributed by atoms with van der Waals surface area (Å²) in [5.41, 5.74) is 0.745. The Morgan fingerprint density at radius 2 is 1.91 bits per heavy atom. The SMILES string of the molecule is Cn1cnc2ncn(Cc3ncno3)c(=O)c21.Fc1ccc(Cl)c(F)c1N1CC2CC2C1. The van der Waals surface area contributed by atoms with Crippen LogP contribution in [0.1, 0.15) is 12.3 Å². The van der Waals surface area contributed by atoms with Gasteiger partial charge in [0.2, 0.25) is 5.89 Å². The number of halogens is 3. The molecule has 9 nitrogen and oxygen atoms in total. The van der Waals surface area contributed by atoms with Crippen molar-refractivity contribution in [2.24, 2.45) is 18.9 Å². The van der Waals surface area contributed by atoms with Crippen LogP contribution in [0.3, 0.4) is 0 Å². The van der Waals surface area contributed by atoms with Crippen LogP contribution >= 0.6 is 11.6 Å². The number of nitrogens with zero attached hydrogens (tertiary/aromatic N) is 7. The molecule has 2 aliphatic rings. The molecule has 0 N–H and O–H groups in total. The zero-order valence-corrected chi connectivity index (χ0v) is 17.7. The van der Waals surface area contributed by atoms with Gasteiger partial charge in [-0.1, -0.05) is 16.8 Å². The third kappa shape index (κ3) is 3.72. The minimum absolute atomic E-state index is 0.00743. The van der Waals surface area contributed by atoms with Gasteiger partial charge in [0.05, 0.1) is 11.3 Å². The highest BCUT2D eigenvalue weighted by Gasteiger charge is 2.46. The van der Waals surface area contributed by atoms with Gasteiger partial charge in [-0.2, -0.15) is 4.98 Å². The van der Waals surface area contributed by atoms with Crippen molar-refractivity contribution in [3.63, 3.8) is 0 Å². The second-order valence-corrected chi connectivity index (χ2v) is 8.30. The van der Waals surface area contributed by atoms with Crippen LogP contribution in [-0.2, 0) is 13.6 Å². The molecule has 3 aromatic heterocycles. The van der Waals surface area contributed by atoms with Crippen LogP contribution in [0.15, 0.2) is 40.4 Å². The summed E-state index contributed by atoms with van der Waals surface area (Å²) in [5.74, 6) is 0.497. The van der Waals surface area contributed by atoms with Crippen molar-refractivity contribution < 1.29 is 13.3 Å². The maximum atomic E-state index is 13.6. The van der Waals surface area contributed by atoms with E-state index in [1.54, 1.807) is 22.8 Å². The summed E-state index contributed by atoms with van der Waals surface area (Å²) in [6.45, 7) is 1.73. The normalized spacial score (nSPS) is 19.1. The lowest BCUT2D eigenvalue weighted by Crippen LogP contribution is -2.24. The van der Waals surface area contributed by atoms with Gasteiger partial charge in [-0.15, -0.1) is 0 Å². The van der Waals surface area contributed by atoms with Gasteiger partial charge in [0, 0.05) is 20.1 Å². The fourth-order valence-corrected chi connectivity index (χ4v) is 4.14. The molecule has 0 amide bonds. The first-order chi connectivity index (χ1) is 15.4. The first-order valence-corrected chi connectivity index (χ1v) is 10.3. The molecule has 0 radical (unpaired) electrons. The van der Waals surface area contributed by atoms with Crippen molar-refractivity contribution in [2.45, 2.75) is 13.0 Å². The summed E-state index contributed by atoms with van der Waals surface area (Å²) < 4.78 is 35.0. The highest BCUT2D eigenvalue weighted by atomic mass is 35.5. The molecule has 6 rings (SSSR count). The molecule has 12 heteroatoms. The number of rotatable bonds is 3. The standard InChI is InChI=1S/C11H10ClF2N.C9H8N6O2/c12-8-1-2-9(13)11(10(8)14)15-4-6-3-7(6)5-15;1-14-4-11-8-7(14)9(16)15(5-12-8)2-6-10-3-13-17-6/h1-2,6-7H,3-5H2;3-5H,2H2,1H3. The summed E-state index contributed by atoms with van der Waals surface area (Å²) in [4.78, 5) is 25.8. The van der Waals surface area contributed by atoms with E-state index in [0.29, 0.717) is 28.9 Å². The number of benzene rings is 1.